The molecule has 550 valence electrons. The number of aryl methyl sites for hydroxylation is 1. The fraction of sp³-hybridized carbons (Fsp3) is 0.371. The standard InChI is InChI=1S/C13H17NO2S.C13H15NO2S.C11H11ClFNO2S.3C11H11F2NO2S/c2*1-16-12-11(14(17-2)13(12)15)9-8-10-6-4-3-5-7-10;1-16-10-9(14(17-2)11(10)15)6-3-4-7(12)8(13)5-6;1-16-10-9(14(17-2)11(10)15)6-3-7(12)5-8(13)4-6;1-16-10-9(14(17-2)11(10)15)7-5-6(12)3-4-8(7)13;1-16-10-9(14(17-2)11(10)15)8-6(12)4-3-5-7(8)13/h3-7,11-12H,8-9H2,1-2H3;3-9,11-12H,1-2H3;4*3-5,9-10H,1-2H3/b;9-8+;;;;. The molecule has 0 aromatic heterocycles. The Balaban J connectivity index is 0.000000172. The summed E-state index contributed by atoms with van der Waals surface area (Å²) in [5.74, 6) is -4.84. The molecular formula is C70H76ClF7N6O12S6. The zero-order valence-electron chi connectivity index (χ0n) is 57.3. The lowest BCUT2D eigenvalue weighted by atomic mass is 9.93. The summed E-state index contributed by atoms with van der Waals surface area (Å²) in [7, 11) is 8.79. The Hall–Kier alpha value is -6.46. The number of methoxy groups -OCH3 is 6. The maximum atomic E-state index is 13.6. The van der Waals surface area contributed by atoms with Gasteiger partial charge < -0.3 is 28.4 Å². The quantitative estimate of drug-likeness (QED) is 0.0377. The highest BCUT2D eigenvalue weighted by molar-refractivity contribution is 7.98. The van der Waals surface area contributed by atoms with Crippen molar-refractivity contribution >= 4 is 125 Å². The molecule has 12 rings (SSSR count). The number of hydrogen-bond donors (Lipinski definition) is 0. The zero-order chi connectivity index (χ0) is 74.8. The smallest absolute Gasteiger partial charge is 0.264 e. The van der Waals surface area contributed by atoms with Crippen LogP contribution in [0.15, 0.2) is 140 Å². The number of ether oxygens (including phenoxy) is 6. The molecule has 0 spiro atoms. The molecule has 6 aromatic carbocycles. The number of carbonyl (C=O) groups excluding carboxylic acids is 6. The fourth-order valence-electron chi connectivity index (χ4n) is 11.7. The summed E-state index contributed by atoms with van der Waals surface area (Å²) >= 11 is 13.4. The van der Waals surface area contributed by atoms with Crippen molar-refractivity contribution in [1.29, 1.82) is 0 Å². The molecule has 6 aliphatic rings. The van der Waals surface area contributed by atoms with Gasteiger partial charge >= 0.3 is 0 Å². The molecule has 6 aliphatic heterocycles. The predicted octanol–water partition coefficient (Wildman–Crippen LogP) is 13.4. The molecular weight excluding hydrogens is 1480 g/mol. The molecule has 6 fully saturated rings. The van der Waals surface area contributed by atoms with Crippen molar-refractivity contribution in [2.45, 2.75) is 85.7 Å². The van der Waals surface area contributed by atoms with Gasteiger partial charge in [-0.2, -0.15) is 0 Å². The van der Waals surface area contributed by atoms with Crippen molar-refractivity contribution in [3.05, 3.63) is 219 Å². The number of hydrogen-bond acceptors (Lipinski definition) is 18. The minimum Gasteiger partial charge on any atom is -0.369 e. The monoisotopic (exact) mass is 1550 g/mol. The van der Waals surface area contributed by atoms with Gasteiger partial charge in [-0.05, 0) is 89.7 Å². The van der Waals surface area contributed by atoms with Crippen LogP contribution in [-0.4, -0.2) is 190 Å². The van der Waals surface area contributed by atoms with E-state index in [4.69, 9.17) is 40.0 Å². The van der Waals surface area contributed by atoms with Crippen molar-refractivity contribution in [2.24, 2.45) is 0 Å². The van der Waals surface area contributed by atoms with Gasteiger partial charge in [0.15, 0.2) is 36.6 Å². The topological polar surface area (TPSA) is 177 Å². The molecule has 0 aliphatic carbocycles. The van der Waals surface area contributed by atoms with Crippen molar-refractivity contribution in [1.82, 2.24) is 25.8 Å². The first kappa shape index (κ1) is 82.8. The summed E-state index contributed by atoms with van der Waals surface area (Å²) in [6, 6.07) is 33.2. The van der Waals surface area contributed by atoms with Crippen molar-refractivity contribution < 1.29 is 87.9 Å². The molecule has 12 atom stereocenters. The Morgan fingerprint density at radius 3 is 1.30 bits per heavy atom. The Morgan fingerprint density at radius 2 is 0.824 bits per heavy atom. The van der Waals surface area contributed by atoms with Crippen LogP contribution in [0.4, 0.5) is 30.7 Å². The van der Waals surface area contributed by atoms with E-state index in [0.29, 0.717) is 11.1 Å². The number of benzene rings is 6. The van der Waals surface area contributed by atoms with Crippen LogP contribution >= 0.6 is 83.3 Å². The van der Waals surface area contributed by atoms with Crippen LogP contribution in [0.2, 0.25) is 5.02 Å². The predicted molar refractivity (Wildman–Crippen MR) is 386 cm³/mol. The minimum atomic E-state index is -0.811. The molecule has 18 nitrogen and oxygen atoms in total. The number of halogens is 8. The summed E-state index contributed by atoms with van der Waals surface area (Å²) in [6.45, 7) is 0. The van der Waals surface area contributed by atoms with E-state index in [1.54, 1.807) is 53.9 Å². The SMILES string of the molecule is COC1C(=O)N(SC)C1/C=C/c1ccccc1.COC1C(=O)N(SC)C1CCc1ccccc1.COC1C(=O)N(SC)C1c1c(F)cccc1F.COC1C(=O)N(SC)C1c1cc(F)cc(F)c1.COC1C(=O)N(SC)C1c1cc(F)ccc1F.COC1C(=O)N(SC)C1c1ccc(Cl)c(F)c1. The average molecular weight is 1550 g/mol. The lowest BCUT2D eigenvalue weighted by Gasteiger charge is -2.44. The first-order valence-electron chi connectivity index (χ1n) is 30.9. The number of carbonyl (C=O) groups is 6. The van der Waals surface area contributed by atoms with Gasteiger partial charge in [0, 0.05) is 91.8 Å². The van der Waals surface area contributed by atoms with Gasteiger partial charge in [-0.25, -0.2) is 30.7 Å². The summed E-state index contributed by atoms with van der Waals surface area (Å²) in [4.78, 5) is 69.5. The maximum Gasteiger partial charge on any atom is 0.264 e. The second-order valence-corrected chi connectivity index (χ2v) is 27.3. The highest BCUT2D eigenvalue weighted by Gasteiger charge is 2.54. The van der Waals surface area contributed by atoms with E-state index in [9.17, 15) is 59.5 Å². The number of β-lactam (4-membered cyclic amide) rings is 6. The van der Waals surface area contributed by atoms with Crippen LogP contribution in [0.25, 0.3) is 6.08 Å². The number of amides is 6. The third-order valence-corrected chi connectivity index (χ3v) is 22.0. The highest BCUT2D eigenvalue weighted by Crippen LogP contribution is 2.46. The molecule has 102 heavy (non-hydrogen) atoms. The normalized spacial score (nSPS) is 23.8. The van der Waals surface area contributed by atoms with E-state index in [-0.39, 0.29) is 81.9 Å². The van der Waals surface area contributed by atoms with Gasteiger partial charge in [-0.3, -0.25) is 54.6 Å². The third kappa shape index (κ3) is 18.6. The van der Waals surface area contributed by atoms with Gasteiger partial charge in [0.25, 0.3) is 35.4 Å². The van der Waals surface area contributed by atoms with Crippen LogP contribution in [0.5, 0.6) is 0 Å². The molecule has 6 heterocycles. The van der Waals surface area contributed by atoms with Gasteiger partial charge in [0.2, 0.25) is 0 Å². The molecule has 0 radical (unpaired) electrons. The van der Waals surface area contributed by atoms with Gasteiger partial charge in [-0.15, -0.1) is 0 Å². The fourth-order valence-corrected chi connectivity index (χ4v) is 16.3. The maximum absolute atomic E-state index is 13.6. The lowest BCUT2D eigenvalue weighted by molar-refractivity contribution is -0.159. The first-order chi connectivity index (χ1) is 48.9. The second kappa shape index (κ2) is 39.1. The molecule has 0 N–H and O–H groups in total. The van der Waals surface area contributed by atoms with Gasteiger partial charge in [0.1, 0.15) is 64.9 Å². The summed E-state index contributed by atoms with van der Waals surface area (Å²) in [5.41, 5.74) is 3.56. The molecule has 32 heteroatoms. The van der Waals surface area contributed by atoms with E-state index >= 15 is 0 Å². The molecule has 12 unspecified atom stereocenters. The van der Waals surface area contributed by atoms with Crippen LogP contribution in [0, 0.1) is 40.7 Å². The molecule has 6 aromatic rings. The second-order valence-electron chi connectivity index (χ2n) is 22.3. The summed E-state index contributed by atoms with van der Waals surface area (Å²) in [5, 5.41) is 0.0732. The average Bonchev–Trinajstić information content (AvgIpc) is 0.791. The van der Waals surface area contributed by atoms with Crippen LogP contribution < -0.4 is 0 Å². The molecule has 0 saturated carbocycles. The Labute approximate surface area is 619 Å². The lowest BCUT2D eigenvalue weighted by Crippen LogP contribution is -2.62. The Bertz CT molecular complexity index is 3770. The van der Waals surface area contributed by atoms with Gasteiger partial charge in [-0.1, -0.05) is 168 Å². The molecule has 6 amide bonds. The zero-order valence-corrected chi connectivity index (χ0v) is 62.9. The van der Waals surface area contributed by atoms with E-state index in [1.807, 2.05) is 77.5 Å². The van der Waals surface area contributed by atoms with Crippen LogP contribution in [0.3, 0.4) is 0 Å². The van der Waals surface area contributed by atoms with Crippen molar-refractivity contribution in [2.75, 3.05) is 80.2 Å². The van der Waals surface area contributed by atoms with Crippen LogP contribution in [-0.2, 0) is 63.6 Å². The highest BCUT2D eigenvalue weighted by atomic mass is 35.5. The largest absolute Gasteiger partial charge is 0.369 e. The third-order valence-electron chi connectivity index (χ3n) is 16.8. The first-order valence-corrected chi connectivity index (χ1v) is 38.4. The van der Waals surface area contributed by atoms with Crippen molar-refractivity contribution in [3.8, 4) is 0 Å². The van der Waals surface area contributed by atoms with E-state index < -0.39 is 83.3 Å². The van der Waals surface area contributed by atoms with E-state index in [2.05, 4.69) is 12.1 Å². The van der Waals surface area contributed by atoms with Gasteiger partial charge in [0.05, 0.1) is 22.7 Å². The number of rotatable bonds is 21. The van der Waals surface area contributed by atoms with E-state index in [0.717, 1.165) is 54.6 Å². The number of nitrogens with zero attached hydrogens (tertiary/aromatic N) is 6. The minimum absolute atomic E-state index is 0.0303. The van der Waals surface area contributed by atoms with Crippen LogP contribution in [0.1, 0.15) is 64.0 Å². The van der Waals surface area contributed by atoms with E-state index in [1.165, 1.54) is 149 Å². The Kier molecular flexibility index (Phi) is 31.7. The summed E-state index contributed by atoms with van der Waals surface area (Å²) < 4.78 is 133. The summed E-state index contributed by atoms with van der Waals surface area (Å²) in [6.07, 6.45) is 13.4. The molecule has 0 bridgehead atoms. The Morgan fingerprint density at radius 1 is 0.392 bits per heavy atom. The molecule has 6 saturated heterocycles. The van der Waals surface area contributed by atoms with Crippen molar-refractivity contribution in [3.63, 3.8) is 0 Å².